The Morgan fingerprint density at radius 2 is 2.17 bits per heavy atom. The Morgan fingerprint density at radius 3 is 2.50 bits per heavy atom. The standard InChI is InChI=1S/C11H23N/c1-4-6-11(5-2)9-12-8-7-10(12)3/h10-11H,4-9H2,1-3H3. The van der Waals surface area contributed by atoms with Gasteiger partial charge in [0, 0.05) is 12.6 Å². The van der Waals surface area contributed by atoms with Crippen molar-refractivity contribution < 1.29 is 0 Å². The molecule has 0 aliphatic carbocycles. The maximum Gasteiger partial charge on any atom is 0.00792 e. The van der Waals surface area contributed by atoms with Crippen molar-refractivity contribution in [2.75, 3.05) is 13.1 Å². The molecule has 72 valence electrons. The van der Waals surface area contributed by atoms with Gasteiger partial charge in [0.1, 0.15) is 0 Å². The van der Waals surface area contributed by atoms with Crippen LogP contribution in [0.4, 0.5) is 0 Å². The lowest BCUT2D eigenvalue weighted by Gasteiger charge is -2.40. The molecule has 1 nitrogen and oxygen atoms in total. The van der Waals surface area contributed by atoms with Gasteiger partial charge in [-0.1, -0.05) is 26.7 Å². The van der Waals surface area contributed by atoms with Gasteiger partial charge >= 0.3 is 0 Å². The molecule has 1 heterocycles. The van der Waals surface area contributed by atoms with Crippen LogP contribution in [0.25, 0.3) is 0 Å². The van der Waals surface area contributed by atoms with E-state index in [4.69, 9.17) is 0 Å². The molecular formula is C11H23N. The van der Waals surface area contributed by atoms with Gasteiger partial charge in [-0.3, -0.25) is 0 Å². The Bertz CT molecular complexity index is 122. The van der Waals surface area contributed by atoms with E-state index >= 15 is 0 Å². The molecule has 0 spiro atoms. The molecule has 0 aromatic rings. The first-order valence-corrected chi connectivity index (χ1v) is 5.52. The Morgan fingerprint density at radius 1 is 1.42 bits per heavy atom. The summed E-state index contributed by atoms with van der Waals surface area (Å²) in [7, 11) is 0. The summed E-state index contributed by atoms with van der Waals surface area (Å²) in [5.41, 5.74) is 0. The van der Waals surface area contributed by atoms with E-state index in [2.05, 4.69) is 25.7 Å². The van der Waals surface area contributed by atoms with Crippen molar-refractivity contribution in [1.82, 2.24) is 4.90 Å². The molecule has 1 aliphatic heterocycles. The number of likely N-dealkylation sites (tertiary alicyclic amines) is 1. The monoisotopic (exact) mass is 169 g/mol. The van der Waals surface area contributed by atoms with Gasteiger partial charge in [0.2, 0.25) is 0 Å². The van der Waals surface area contributed by atoms with Gasteiger partial charge in [-0.05, 0) is 32.2 Å². The molecule has 2 unspecified atom stereocenters. The lowest BCUT2D eigenvalue weighted by Crippen LogP contribution is -2.47. The Balaban J connectivity index is 2.17. The molecule has 0 saturated carbocycles. The zero-order valence-corrected chi connectivity index (χ0v) is 8.84. The molecule has 0 bridgehead atoms. The maximum absolute atomic E-state index is 2.63. The molecule has 0 aromatic heterocycles. The number of hydrogen-bond acceptors (Lipinski definition) is 1. The molecule has 12 heavy (non-hydrogen) atoms. The minimum Gasteiger partial charge on any atom is -0.300 e. The second kappa shape index (κ2) is 4.86. The fourth-order valence-corrected chi connectivity index (χ4v) is 2.01. The van der Waals surface area contributed by atoms with Gasteiger partial charge in [-0.2, -0.15) is 0 Å². The average molecular weight is 169 g/mol. The van der Waals surface area contributed by atoms with E-state index in [0.29, 0.717) is 0 Å². The SMILES string of the molecule is CCCC(CC)CN1CCC1C. The summed E-state index contributed by atoms with van der Waals surface area (Å²) in [6.07, 6.45) is 5.54. The molecule has 1 aliphatic rings. The zero-order chi connectivity index (χ0) is 8.97. The van der Waals surface area contributed by atoms with Crippen molar-refractivity contribution in [1.29, 1.82) is 0 Å². The van der Waals surface area contributed by atoms with Crippen LogP contribution in [-0.2, 0) is 0 Å². The highest BCUT2D eigenvalue weighted by Gasteiger charge is 2.24. The lowest BCUT2D eigenvalue weighted by atomic mass is 9.96. The second-order valence-corrected chi connectivity index (χ2v) is 4.20. The van der Waals surface area contributed by atoms with Crippen LogP contribution in [0.2, 0.25) is 0 Å². The first-order chi connectivity index (χ1) is 5.77. The van der Waals surface area contributed by atoms with Crippen LogP contribution in [0.3, 0.4) is 0 Å². The molecule has 0 amide bonds. The van der Waals surface area contributed by atoms with Crippen molar-refractivity contribution >= 4 is 0 Å². The molecule has 0 aromatic carbocycles. The van der Waals surface area contributed by atoms with Gasteiger partial charge < -0.3 is 4.90 Å². The highest BCUT2D eigenvalue weighted by Crippen LogP contribution is 2.21. The largest absolute Gasteiger partial charge is 0.300 e. The molecule has 1 fully saturated rings. The zero-order valence-electron chi connectivity index (χ0n) is 8.84. The van der Waals surface area contributed by atoms with Crippen LogP contribution in [-0.4, -0.2) is 24.0 Å². The predicted octanol–water partition coefficient (Wildman–Crippen LogP) is 2.91. The summed E-state index contributed by atoms with van der Waals surface area (Å²) in [6, 6.07) is 0.871. The van der Waals surface area contributed by atoms with E-state index in [-0.39, 0.29) is 0 Å². The Hall–Kier alpha value is -0.0400. The van der Waals surface area contributed by atoms with Crippen LogP contribution < -0.4 is 0 Å². The van der Waals surface area contributed by atoms with Gasteiger partial charge in [0.05, 0.1) is 0 Å². The number of nitrogens with zero attached hydrogens (tertiary/aromatic N) is 1. The summed E-state index contributed by atoms with van der Waals surface area (Å²) in [5.74, 6) is 0.956. The van der Waals surface area contributed by atoms with Crippen LogP contribution in [0.1, 0.15) is 46.5 Å². The number of rotatable bonds is 5. The molecule has 0 radical (unpaired) electrons. The van der Waals surface area contributed by atoms with Crippen molar-refractivity contribution in [2.45, 2.75) is 52.5 Å². The van der Waals surface area contributed by atoms with E-state index in [1.165, 1.54) is 38.8 Å². The lowest BCUT2D eigenvalue weighted by molar-refractivity contribution is 0.0805. The summed E-state index contributed by atoms with van der Waals surface area (Å²) >= 11 is 0. The van der Waals surface area contributed by atoms with Crippen molar-refractivity contribution in [3.8, 4) is 0 Å². The third kappa shape index (κ3) is 2.48. The smallest absolute Gasteiger partial charge is 0.00792 e. The molecule has 1 rings (SSSR count). The molecular weight excluding hydrogens is 146 g/mol. The van der Waals surface area contributed by atoms with Crippen LogP contribution in [0, 0.1) is 5.92 Å². The minimum atomic E-state index is 0.871. The van der Waals surface area contributed by atoms with Crippen molar-refractivity contribution in [3.63, 3.8) is 0 Å². The van der Waals surface area contributed by atoms with Gasteiger partial charge in [0.25, 0.3) is 0 Å². The first-order valence-electron chi connectivity index (χ1n) is 5.52. The molecule has 2 atom stereocenters. The third-order valence-electron chi connectivity index (χ3n) is 3.22. The molecule has 0 N–H and O–H groups in total. The summed E-state index contributed by atoms with van der Waals surface area (Å²) < 4.78 is 0. The van der Waals surface area contributed by atoms with Crippen molar-refractivity contribution in [2.24, 2.45) is 5.92 Å². The topological polar surface area (TPSA) is 3.24 Å². The Labute approximate surface area is 77.1 Å². The summed E-state index contributed by atoms with van der Waals surface area (Å²) in [4.78, 5) is 2.63. The summed E-state index contributed by atoms with van der Waals surface area (Å²) in [5, 5.41) is 0. The average Bonchev–Trinajstić information content (AvgIpc) is 2.09. The Kier molecular flexibility index (Phi) is 4.07. The number of hydrogen-bond donors (Lipinski definition) is 0. The van der Waals surface area contributed by atoms with Crippen molar-refractivity contribution in [3.05, 3.63) is 0 Å². The van der Waals surface area contributed by atoms with E-state index in [0.717, 1.165) is 12.0 Å². The quantitative estimate of drug-likeness (QED) is 0.611. The van der Waals surface area contributed by atoms with Gasteiger partial charge in [-0.15, -0.1) is 0 Å². The molecule has 1 heteroatoms. The second-order valence-electron chi connectivity index (χ2n) is 4.20. The van der Waals surface area contributed by atoms with Gasteiger partial charge in [-0.25, -0.2) is 0 Å². The van der Waals surface area contributed by atoms with E-state index < -0.39 is 0 Å². The molecule has 1 saturated heterocycles. The fraction of sp³-hybridized carbons (Fsp3) is 1.00. The predicted molar refractivity (Wildman–Crippen MR) is 54.3 cm³/mol. The van der Waals surface area contributed by atoms with Gasteiger partial charge in [0.15, 0.2) is 0 Å². The highest BCUT2D eigenvalue weighted by molar-refractivity contribution is 4.80. The van der Waals surface area contributed by atoms with Crippen LogP contribution >= 0.6 is 0 Å². The maximum atomic E-state index is 2.63. The fourth-order valence-electron chi connectivity index (χ4n) is 2.01. The third-order valence-corrected chi connectivity index (χ3v) is 3.22. The normalized spacial score (nSPS) is 26.8. The van der Waals surface area contributed by atoms with E-state index in [1.54, 1.807) is 0 Å². The van der Waals surface area contributed by atoms with Crippen LogP contribution in [0.5, 0.6) is 0 Å². The first kappa shape index (κ1) is 10.0. The minimum absolute atomic E-state index is 0.871. The van der Waals surface area contributed by atoms with Crippen LogP contribution in [0.15, 0.2) is 0 Å². The highest BCUT2D eigenvalue weighted by atomic mass is 15.2. The van der Waals surface area contributed by atoms with E-state index in [1.807, 2.05) is 0 Å². The van der Waals surface area contributed by atoms with E-state index in [9.17, 15) is 0 Å². The summed E-state index contributed by atoms with van der Waals surface area (Å²) in [6.45, 7) is 9.67.